The van der Waals surface area contributed by atoms with E-state index in [1.54, 1.807) is 12.1 Å². The molecule has 0 spiro atoms. The molecule has 2 aliphatic rings. The van der Waals surface area contributed by atoms with Gasteiger partial charge in [0.2, 0.25) is 0 Å². The van der Waals surface area contributed by atoms with Crippen LogP contribution in [0.15, 0.2) is 36.4 Å². The molecule has 1 aromatic heterocycles. The molecule has 37 heavy (non-hydrogen) atoms. The molecule has 5 rings (SSSR count). The van der Waals surface area contributed by atoms with Crippen molar-refractivity contribution in [2.75, 3.05) is 31.2 Å². The number of esters is 1. The summed E-state index contributed by atoms with van der Waals surface area (Å²) in [4.78, 5) is 20.4. The summed E-state index contributed by atoms with van der Waals surface area (Å²) in [6.45, 7) is 0.425. The summed E-state index contributed by atoms with van der Waals surface area (Å²) in [5.41, 5.74) is 3.50. The number of nitrogens with zero attached hydrogens (tertiary/aromatic N) is 2. The molecular formula is C24H23ClF3N3O6. The SMILES string of the molecule is O=C(O[C@@H]1CCN(c2ccc(-c3cc4nc(O[C@@H]5CO[C@H](CO)[C@@H]5O)[nH]c4cc3Cl)cc2)C1)C(F)(F)F. The first kappa shape index (κ1) is 25.6. The lowest BCUT2D eigenvalue weighted by Gasteiger charge is -2.19. The Morgan fingerprint density at radius 3 is 2.70 bits per heavy atom. The van der Waals surface area contributed by atoms with Crippen molar-refractivity contribution in [3.8, 4) is 17.1 Å². The van der Waals surface area contributed by atoms with Crippen molar-refractivity contribution in [3.63, 3.8) is 0 Å². The van der Waals surface area contributed by atoms with Crippen LogP contribution in [0.4, 0.5) is 18.9 Å². The quantitative estimate of drug-likeness (QED) is 0.408. The molecule has 0 saturated carbocycles. The van der Waals surface area contributed by atoms with Crippen LogP contribution in [0.5, 0.6) is 6.01 Å². The maximum absolute atomic E-state index is 12.5. The summed E-state index contributed by atoms with van der Waals surface area (Å²) in [5.74, 6) is -2.17. The van der Waals surface area contributed by atoms with Gasteiger partial charge in [0.1, 0.15) is 18.3 Å². The van der Waals surface area contributed by atoms with Gasteiger partial charge in [-0.2, -0.15) is 18.2 Å². The highest BCUT2D eigenvalue weighted by molar-refractivity contribution is 6.34. The Morgan fingerprint density at radius 1 is 1.27 bits per heavy atom. The van der Waals surface area contributed by atoms with E-state index < -0.39 is 36.6 Å². The van der Waals surface area contributed by atoms with Crippen molar-refractivity contribution >= 4 is 34.3 Å². The van der Waals surface area contributed by atoms with Crippen LogP contribution >= 0.6 is 11.6 Å². The number of benzene rings is 2. The van der Waals surface area contributed by atoms with Gasteiger partial charge in [-0.1, -0.05) is 23.7 Å². The minimum atomic E-state index is -5.01. The number of ether oxygens (including phenoxy) is 3. The van der Waals surface area contributed by atoms with E-state index in [0.717, 1.165) is 11.3 Å². The van der Waals surface area contributed by atoms with Crippen molar-refractivity contribution in [3.05, 3.63) is 41.4 Å². The van der Waals surface area contributed by atoms with E-state index in [1.165, 1.54) is 0 Å². The third kappa shape index (κ3) is 5.33. The van der Waals surface area contributed by atoms with Crippen molar-refractivity contribution < 1.29 is 42.4 Å². The minimum Gasteiger partial charge on any atom is -0.456 e. The smallest absolute Gasteiger partial charge is 0.456 e. The molecule has 2 fully saturated rings. The number of carbonyl (C=O) groups excluding carboxylic acids is 1. The Morgan fingerprint density at radius 2 is 2.03 bits per heavy atom. The number of aromatic amines is 1. The van der Waals surface area contributed by atoms with E-state index in [-0.39, 0.29) is 25.8 Å². The zero-order valence-electron chi connectivity index (χ0n) is 19.2. The van der Waals surface area contributed by atoms with Gasteiger partial charge in [-0.05, 0) is 29.8 Å². The van der Waals surface area contributed by atoms with Crippen molar-refractivity contribution in [1.29, 1.82) is 0 Å². The molecule has 0 amide bonds. The number of halogens is 4. The van der Waals surface area contributed by atoms with Crippen LogP contribution in [-0.2, 0) is 14.3 Å². The van der Waals surface area contributed by atoms with Crippen LogP contribution in [0, 0.1) is 0 Å². The molecule has 2 aromatic carbocycles. The highest BCUT2D eigenvalue weighted by Gasteiger charge is 2.43. The summed E-state index contributed by atoms with van der Waals surface area (Å²) in [6.07, 6.45) is -7.90. The van der Waals surface area contributed by atoms with Crippen LogP contribution in [0.1, 0.15) is 6.42 Å². The molecule has 0 unspecified atom stereocenters. The van der Waals surface area contributed by atoms with Crippen LogP contribution in [-0.4, -0.2) is 83.0 Å². The van der Waals surface area contributed by atoms with Crippen molar-refractivity contribution in [1.82, 2.24) is 9.97 Å². The van der Waals surface area contributed by atoms with Crippen LogP contribution in [0.2, 0.25) is 5.02 Å². The second-order valence-corrected chi connectivity index (χ2v) is 9.31. The Balaban J connectivity index is 1.28. The number of carbonyl (C=O) groups is 1. The molecule has 198 valence electrons. The van der Waals surface area contributed by atoms with E-state index in [9.17, 15) is 28.2 Å². The average molecular weight is 542 g/mol. The Hall–Kier alpha value is -3.06. The molecule has 3 N–H and O–H groups in total. The fourth-order valence-electron chi connectivity index (χ4n) is 4.48. The Kier molecular flexibility index (Phi) is 6.92. The standard InChI is InChI=1S/C24H23ClF3N3O6/c25-16-8-18-17(29-23(30-18)37-20-11-35-19(10-32)21(20)33)7-15(16)12-1-3-13(4-2-12)31-6-5-14(9-31)36-22(34)24(26,27)28/h1-4,7-8,14,19-21,32-33H,5-6,9-11H2,(H,29,30)/t14-,19-,20-,21+/m1/s1. The van der Waals surface area contributed by atoms with Gasteiger partial charge in [-0.25, -0.2) is 4.79 Å². The highest BCUT2D eigenvalue weighted by atomic mass is 35.5. The van der Waals surface area contributed by atoms with Crippen molar-refractivity contribution in [2.45, 2.75) is 37.0 Å². The fourth-order valence-corrected chi connectivity index (χ4v) is 4.75. The molecule has 9 nitrogen and oxygen atoms in total. The van der Waals surface area contributed by atoms with Gasteiger partial charge in [0.05, 0.1) is 35.8 Å². The lowest BCUT2D eigenvalue weighted by atomic mass is 10.0. The average Bonchev–Trinajstić information content (AvgIpc) is 3.57. The Labute approximate surface area is 213 Å². The number of aromatic nitrogens is 2. The van der Waals surface area contributed by atoms with Gasteiger partial charge < -0.3 is 34.3 Å². The van der Waals surface area contributed by atoms with Crippen LogP contribution in [0.3, 0.4) is 0 Å². The summed E-state index contributed by atoms with van der Waals surface area (Å²) in [5, 5.41) is 19.8. The predicted octanol–water partition coefficient (Wildman–Crippen LogP) is 3.07. The van der Waals surface area contributed by atoms with Crippen LogP contribution in [0.25, 0.3) is 22.2 Å². The van der Waals surface area contributed by atoms with E-state index in [1.807, 2.05) is 29.2 Å². The van der Waals surface area contributed by atoms with E-state index in [4.69, 9.17) is 21.1 Å². The topological polar surface area (TPSA) is 117 Å². The number of aliphatic hydroxyl groups is 2. The monoisotopic (exact) mass is 541 g/mol. The summed E-state index contributed by atoms with van der Waals surface area (Å²) < 4.78 is 52.9. The summed E-state index contributed by atoms with van der Waals surface area (Å²) in [6, 6.07) is 11.0. The largest absolute Gasteiger partial charge is 0.490 e. The number of hydrogen-bond donors (Lipinski definition) is 3. The number of hydrogen-bond acceptors (Lipinski definition) is 8. The number of nitrogens with one attached hydrogen (secondary N) is 1. The number of imidazole rings is 1. The van der Waals surface area contributed by atoms with E-state index >= 15 is 0 Å². The second kappa shape index (κ2) is 10.0. The van der Waals surface area contributed by atoms with Gasteiger partial charge >= 0.3 is 12.1 Å². The number of anilines is 1. The molecule has 2 saturated heterocycles. The molecule has 0 bridgehead atoms. The normalized spacial score (nSPS) is 24.1. The number of H-pyrrole nitrogens is 1. The first-order valence-electron chi connectivity index (χ1n) is 11.5. The first-order chi connectivity index (χ1) is 17.6. The molecule has 3 aromatic rings. The molecule has 3 heterocycles. The third-order valence-corrected chi connectivity index (χ3v) is 6.73. The predicted molar refractivity (Wildman–Crippen MR) is 127 cm³/mol. The zero-order valence-corrected chi connectivity index (χ0v) is 20.0. The maximum Gasteiger partial charge on any atom is 0.490 e. The Bertz CT molecular complexity index is 1290. The van der Waals surface area contributed by atoms with Gasteiger partial charge in [0.15, 0.2) is 6.10 Å². The zero-order chi connectivity index (χ0) is 26.3. The van der Waals surface area contributed by atoms with Gasteiger partial charge in [-0.15, -0.1) is 0 Å². The lowest BCUT2D eigenvalue weighted by molar-refractivity contribution is -0.203. The fraction of sp³-hybridized carbons (Fsp3) is 0.417. The van der Waals surface area contributed by atoms with Crippen molar-refractivity contribution in [2.24, 2.45) is 0 Å². The molecule has 13 heteroatoms. The van der Waals surface area contributed by atoms with Gasteiger partial charge in [0.25, 0.3) is 6.01 Å². The molecule has 4 atom stereocenters. The molecular weight excluding hydrogens is 519 g/mol. The molecule has 2 aliphatic heterocycles. The van der Waals surface area contributed by atoms with Gasteiger partial charge in [-0.3, -0.25) is 0 Å². The number of fused-ring (bicyclic) bond motifs is 1. The van der Waals surface area contributed by atoms with E-state index in [2.05, 4.69) is 14.7 Å². The number of aliphatic hydroxyl groups excluding tert-OH is 2. The first-order valence-corrected chi connectivity index (χ1v) is 11.9. The molecule has 0 radical (unpaired) electrons. The summed E-state index contributed by atoms with van der Waals surface area (Å²) >= 11 is 6.52. The molecule has 0 aliphatic carbocycles. The highest BCUT2D eigenvalue weighted by Crippen LogP contribution is 2.34. The lowest BCUT2D eigenvalue weighted by Crippen LogP contribution is -2.36. The van der Waals surface area contributed by atoms with E-state index in [0.29, 0.717) is 34.6 Å². The summed E-state index contributed by atoms with van der Waals surface area (Å²) in [7, 11) is 0. The number of rotatable bonds is 6. The number of alkyl halides is 3. The maximum atomic E-state index is 12.5. The van der Waals surface area contributed by atoms with Gasteiger partial charge in [0, 0.05) is 24.2 Å². The second-order valence-electron chi connectivity index (χ2n) is 8.90. The van der Waals surface area contributed by atoms with Crippen LogP contribution < -0.4 is 9.64 Å². The third-order valence-electron chi connectivity index (χ3n) is 6.42. The minimum absolute atomic E-state index is 0.115.